The molecular formula is C25H36N4O3. The fourth-order valence-corrected chi connectivity index (χ4v) is 5.02. The van der Waals surface area contributed by atoms with Crippen LogP contribution in [0.4, 0.5) is 0 Å². The number of H-pyrrole nitrogens is 1. The summed E-state index contributed by atoms with van der Waals surface area (Å²) in [4.78, 5) is 33.2. The van der Waals surface area contributed by atoms with E-state index in [2.05, 4.69) is 15.2 Å². The van der Waals surface area contributed by atoms with Crippen molar-refractivity contribution >= 4 is 22.7 Å². The summed E-state index contributed by atoms with van der Waals surface area (Å²) in [7, 11) is 1.64. The van der Waals surface area contributed by atoms with Gasteiger partial charge < -0.3 is 24.8 Å². The zero-order valence-corrected chi connectivity index (χ0v) is 19.4. The first-order valence-electron chi connectivity index (χ1n) is 12.0. The number of fused-ring (bicyclic) bond motifs is 1. The molecular weight excluding hydrogens is 404 g/mol. The van der Waals surface area contributed by atoms with Gasteiger partial charge in [-0.3, -0.25) is 9.59 Å². The number of nitrogens with one attached hydrogen (secondary N) is 2. The van der Waals surface area contributed by atoms with Crippen LogP contribution >= 0.6 is 0 Å². The number of aromatic nitrogens is 1. The van der Waals surface area contributed by atoms with Crippen molar-refractivity contribution in [3.05, 3.63) is 30.0 Å². The monoisotopic (exact) mass is 440 g/mol. The van der Waals surface area contributed by atoms with Crippen LogP contribution in [0.25, 0.3) is 10.9 Å². The topological polar surface area (TPSA) is 77.7 Å². The Morgan fingerprint density at radius 3 is 2.62 bits per heavy atom. The highest BCUT2D eigenvalue weighted by atomic mass is 16.5. The van der Waals surface area contributed by atoms with Crippen LogP contribution in [-0.4, -0.2) is 73.0 Å². The number of carbonyl (C=O) groups excluding carboxylic acids is 2. The molecule has 0 aliphatic carbocycles. The Hall–Kier alpha value is -2.54. The SMILES string of the molecule is COc1ccc2cc(C(=O)N3CCC([C@@H](C)C(=O)NCCCN4CCCC4)CC3)[nH]c2c1. The molecule has 174 valence electrons. The van der Waals surface area contributed by atoms with Gasteiger partial charge in [0.25, 0.3) is 5.91 Å². The van der Waals surface area contributed by atoms with E-state index in [4.69, 9.17) is 4.74 Å². The van der Waals surface area contributed by atoms with Gasteiger partial charge in [0.05, 0.1) is 7.11 Å². The fraction of sp³-hybridized carbons (Fsp3) is 0.600. The first-order chi connectivity index (χ1) is 15.5. The van der Waals surface area contributed by atoms with Crippen molar-refractivity contribution in [2.75, 3.05) is 46.4 Å². The van der Waals surface area contributed by atoms with Crippen LogP contribution in [0.2, 0.25) is 0 Å². The van der Waals surface area contributed by atoms with E-state index >= 15 is 0 Å². The highest BCUT2D eigenvalue weighted by molar-refractivity contribution is 5.98. The molecule has 2 amide bonds. The van der Waals surface area contributed by atoms with Gasteiger partial charge in [-0.25, -0.2) is 0 Å². The molecule has 32 heavy (non-hydrogen) atoms. The molecule has 0 radical (unpaired) electrons. The van der Waals surface area contributed by atoms with E-state index in [1.807, 2.05) is 36.1 Å². The Kier molecular flexibility index (Phi) is 7.35. The lowest BCUT2D eigenvalue weighted by Gasteiger charge is -2.34. The number of rotatable bonds is 8. The number of aromatic amines is 1. The molecule has 0 spiro atoms. The molecule has 0 unspecified atom stereocenters. The molecule has 4 rings (SSSR count). The molecule has 2 aliphatic rings. The number of carbonyl (C=O) groups is 2. The van der Waals surface area contributed by atoms with Crippen molar-refractivity contribution in [2.45, 2.75) is 39.0 Å². The molecule has 2 aliphatic heterocycles. The van der Waals surface area contributed by atoms with Crippen LogP contribution in [-0.2, 0) is 4.79 Å². The lowest BCUT2D eigenvalue weighted by Crippen LogP contribution is -2.43. The lowest BCUT2D eigenvalue weighted by atomic mass is 9.84. The molecule has 0 saturated carbocycles. The van der Waals surface area contributed by atoms with Gasteiger partial charge in [0.15, 0.2) is 0 Å². The van der Waals surface area contributed by atoms with E-state index in [1.54, 1.807) is 7.11 Å². The third kappa shape index (κ3) is 5.26. The van der Waals surface area contributed by atoms with E-state index in [1.165, 1.54) is 25.9 Å². The van der Waals surface area contributed by atoms with E-state index < -0.39 is 0 Å². The van der Waals surface area contributed by atoms with Gasteiger partial charge in [-0.2, -0.15) is 0 Å². The van der Waals surface area contributed by atoms with Crippen LogP contribution in [0.15, 0.2) is 24.3 Å². The number of ether oxygens (including phenoxy) is 1. The highest BCUT2D eigenvalue weighted by Gasteiger charge is 2.30. The van der Waals surface area contributed by atoms with Crippen molar-refractivity contribution < 1.29 is 14.3 Å². The van der Waals surface area contributed by atoms with Crippen molar-refractivity contribution in [3.63, 3.8) is 0 Å². The normalized spacial score (nSPS) is 18.8. The third-order valence-electron chi connectivity index (χ3n) is 7.16. The summed E-state index contributed by atoms with van der Waals surface area (Å²) in [6, 6.07) is 7.67. The number of hydrogen-bond acceptors (Lipinski definition) is 4. The molecule has 1 atom stereocenters. The fourth-order valence-electron chi connectivity index (χ4n) is 5.02. The summed E-state index contributed by atoms with van der Waals surface area (Å²) in [5, 5.41) is 4.13. The minimum Gasteiger partial charge on any atom is -0.497 e. The van der Waals surface area contributed by atoms with E-state index in [0.29, 0.717) is 24.7 Å². The second-order valence-corrected chi connectivity index (χ2v) is 9.25. The Morgan fingerprint density at radius 1 is 1.16 bits per heavy atom. The molecule has 2 N–H and O–H groups in total. The number of nitrogens with zero attached hydrogens (tertiary/aromatic N) is 2. The zero-order chi connectivity index (χ0) is 22.5. The van der Waals surface area contributed by atoms with Gasteiger partial charge in [0.1, 0.15) is 11.4 Å². The van der Waals surface area contributed by atoms with Gasteiger partial charge >= 0.3 is 0 Å². The van der Waals surface area contributed by atoms with Crippen LogP contribution in [0, 0.1) is 11.8 Å². The first kappa shape index (κ1) is 22.6. The van der Waals surface area contributed by atoms with Gasteiger partial charge in [-0.05, 0) is 75.9 Å². The Labute approximate surface area is 190 Å². The Bertz CT molecular complexity index is 926. The smallest absolute Gasteiger partial charge is 0.270 e. The molecule has 7 nitrogen and oxygen atoms in total. The average Bonchev–Trinajstić information content (AvgIpc) is 3.50. The number of methoxy groups -OCH3 is 1. The largest absolute Gasteiger partial charge is 0.497 e. The van der Waals surface area contributed by atoms with Crippen LogP contribution in [0.1, 0.15) is 49.5 Å². The van der Waals surface area contributed by atoms with Gasteiger partial charge in [0.2, 0.25) is 5.91 Å². The predicted molar refractivity (Wildman–Crippen MR) is 126 cm³/mol. The van der Waals surface area contributed by atoms with Gasteiger partial charge in [0, 0.05) is 42.5 Å². The first-order valence-corrected chi connectivity index (χ1v) is 12.0. The molecule has 1 aromatic carbocycles. The van der Waals surface area contributed by atoms with Crippen molar-refractivity contribution in [1.82, 2.24) is 20.1 Å². The van der Waals surface area contributed by atoms with E-state index in [-0.39, 0.29) is 17.7 Å². The summed E-state index contributed by atoms with van der Waals surface area (Å²) in [5.74, 6) is 1.25. The maximum absolute atomic E-state index is 13.0. The predicted octanol–water partition coefficient (Wildman–Crippen LogP) is 3.27. The summed E-state index contributed by atoms with van der Waals surface area (Å²) in [6.45, 7) is 7.65. The van der Waals surface area contributed by atoms with Crippen LogP contribution < -0.4 is 10.1 Å². The van der Waals surface area contributed by atoms with Crippen molar-refractivity contribution in [2.24, 2.45) is 11.8 Å². The van der Waals surface area contributed by atoms with E-state index in [9.17, 15) is 9.59 Å². The second-order valence-electron chi connectivity index (χ2n) is 9.25. The van der Waals surface area contributed by atoms with Crippen molar-refractivity contribution in [3.8, 4) is 5.75 Å². The number of piperidine rings is 1. The molecule has 1 aromatic heterocycles. The van der Waals surface area contributed by atoms with Crippen molar-refractivity contribution in [1.29, 1.82) is 0 Å². The maximum atomic E-state index is 13.0. The third-order valence-corrected chi connectivity index (χ3v) is 7.16. The minimum absolute atomic E-state index is 0.0143. The van der Waals surface area contributed by atoms with Gasteiger partial charge in [-0.15, -0.1) is 0 Å². The summed E-state index contributed by atoms with van der Waals surface area (Å²) in [5.41, 5.74) is 1.51. The summed E-state index contributed by atoms with van der Waals surface area (Å²) in [6.07, 6.45) is 5.35. The summed E-state index contributed by atoms with van der Waals surface area (Å²) >= 11 is 0. The Morgan fingerprint density at radius 2 is 1.91 bits per heavy atom. The molecule has 2 fully saturated rings. The Balaban J connectivity index is 1.23. The molecule has 2 aromatic rings. The van der Waals surface area contributed by atoms with Crippen LogP contribution in [0.3, 0.4) is 0 Å². The zero-order valence-electron chi connectivity index (χ0n) is 19.4. The minimum atomic E-state index is -0.0143. The number of hydrogen-bond donors (Lipinski definition) is 2. The van der Waals surface area contributed by atoms with E-state index in [0.717, 1.165) is 49.0 Å². The molecule has 3 heterocycles. The molecule has 0 bridgehead atoms. The van der Waals surface area contributed by atoms with Gasteiger partial charge in [-0.1, -0.05) is 6.92 Å². The van der Waals surface area contributed by atoms with Crippen LogP contribution in [0.5, 0.6) is 5.75 Å². The standard InChI is InChI=1S/C25H36N4O3/c1-18(24(30)26-10-5-13-28-11-3-4-12-28)19-8-14-29(15-9-19)25(31)23-16-20-6-7-21(32-2)17-22(20)27-23/h6-7,16-19,27H,3-5,8-15H2,1-2H3,(H,26,30)/t18-/m1/s1. The molecule has 2 saturated heterocycles. The number of benzene rings is 1. The summed E-state index contributed by atoms with van der Waals surface area (Å²) < 4.78 is 5.27. The quantitative estimate of drug-likeness (QED) is 0.618. The average molecular weight is 441 g/mol. The second kappa shape index (κ2) is 10.4. The maximum Gasteiger partial charge on any atom is 0.270 e. The molecule has 7 heteroatoms. The number of likely N-dealkylation sites (tertiary alicyclic amines) is 2. The highest BCUT2D eigenvalue weighted by Crippen LogP contribution is 2.27. The lowest BCUT2D eigenvalue weighted by molar-refractivity contribution is -0.126. The number of amides is 2.